The van der Waals surface area contributed by atoms with E-state index < -0.39 is 28.4 Å². The molecular weight excluding hydrogens is 464 g/mol. The quantitative estimate of drug-likeness (QED) is 0.322. The van der Waals surface area contributed by atoms with Gasteiger partial charge in [-0.3, -0.25) is 9.89 Å². The third-order valence-electron chi connectivity index (χ3n) is 7.89. The summed E-state index contributed by atoms with van der Waals surface area (Å²) in [4.78, 5) is 11.9. The number of benzene rings is 2. The summed E-state index contributed by atoms with van der Waals surface area (Å²) >= 11 is 0. The monoisotopic (exact) mass is 495 g/mol. The molecule has 190 valence electrons. The number of H-pyrrole nitrogens is 1. The minimum Gasteiger partial charge on any atom is -0.481 e. The second kappa shape index (κ2) is 8.69. The van der Waals surface area contributed by atoms with Crippen molar-refractivity contribution >= 4 is 27.8 Å². The van der Waals surface area contributed by atoms with Gasteiger partial charge in [-0.25, -0.2) is 8.78 Å². The molecule has 4 aromatic rings. The minimum atomic E-state index is -0.911. The van der Waals surface area contributed by atoms with Gasteiger partial charge in [0.1, 0.15) is 0 Å². The predicted molar refractivity (Wildman–Crippen MR) is 135 cm³/mol. The number of aromatic amines is 1. The van der Waals surface area contributed by atoms with Crippen LogP contribution in [0.15, 0.2) is 36.5 Å². The number of carbonyl (C=O) groups is 1. The van der Waals surface area contributed by atoms with Crippen molar-refractivity contribution in [2.75, 3.05) is 13.7 Å². The van der Waals surface area contributed by atoms with Gasteiger partial charge in [0.05, 0.1) is 29.3 Å². The van der Waals surface area contributed by atoms with Gasteiger partial charge in [0.25, 0.3) is 0 Å². The lowest BCUT2D eigenvalue weighted by molar-refractivity contribution is -0.149. The van der Waals surface area contributed by atoms with Gasteiger partial charge in [-0.05, 0) is 68.4 Å². The van der Waals surface area contributed by atoms with E-state index in [9.17, 15) is 18.7 Å². The Kier molecular flexibility index (Phi) is 5.90. The summed E-state index contributed by atoms with van der Waals surface area (Å²) in [5, 5.41) is 18.9. The van der Waals surface area contributed by atoms with Crippen molar-refractivity contribution in [3.63, 3.8) is 0 Å². The van der Waals surface area contributed by atoms with Crippen LogP contribution in [0.1, 0.15) is 63.6 Å². The summed E-state index contributed by atoms with van der Waals surface area (Å²) in [5.41, 5.74) is 3.14. The van der Waals surface area contributed by atoms with Crippen LogP contribution in [0.3, 0.4) is 0 Å². The van der Waals surface area contributed by atoms with Gasteiger partial charge >= 0.3 is 5.97 Å². The Bertz CT molecular complexity index is 1460. The van der Waals surface area contributed by atoms with Crippen LogP contribution in [0.25, 0.3) is 27.5 Å². The number of aromatic nitrogens is 3. The molecule has 0 saturated heterocycles. The topological polar surface area (TPSA) is 80.1 Å². The zero-order valence-corrected chi connectivity index (χ0v) is 21.0. The summed E-state index contributed by atoms with van der Waals surface area (Å²) in [5.74, 6) is -2.46. The fourth-order valence-corrected chi connectivity index (χ4v) is 5.91. The average molecular weight is 496 g/mol. The molecule has 2 aromatic carbocycles. The molecule has 1 aliphatic rings. The van der Waals surface area contributed by atoms with E-state index in [2.05, 4.69) is 30.1 Å². The van der Waals surface area contributed by atoms with Gasteiger partial charge in [0, 0.05) is 40.7 Å². The molecule has 1 fully saturated rings. The van der Waals surface area contributed by atoms with E-state index >= 15 is 0 Å². The zero-order valence-electron chi connectivity index (χ0n) is 21.0. The highest BCUT2D eigenvalue weighted by Crippen LogP contribution is 2.49. The van der Waals surface area contributed by atoms with Crippen LogP contribution in [-0.2, 0) is 14.9 Å². The first-order chi connectivity index (χ1) is 17.1. The Balaban J connectivity index is 1.82. The molecule has 0 spiro atoms. The number of nitrogens with one attached hydrogen (secondary N) is 1. The number of aliphatic carboxylic acids is 1. The van der Waals surface area contributed by atoms with Gasteiger partial charge < -0.3 is 14.4 Å². The molecule has 0 atom stereocenters. The molecule has 2 N–H and O–H groups in total. The standard InChI is InChI=1S/C28H31F2N3O3/c1-27(2,15-36-4)25-24(16-7-9-28(3,10-8-16)26(34)35)19-13-22-17(14-31-32-22)11-23(19)33(25)18-5-6-20(29)21(30)12-18/h5-6,11-14,16H,7-10,15H2,1-4H3,(H,31,32)(H,34,35)/t16-,28-. The number of hydrogen-bond acceptors (Lipinski definition) is 3. The van der Waals surface area contributed by atoms with Crippen LogP contribution >= 0.6 is 0 Å². The van der Waals surface area contributed by atoms with Gasteiger partial charge in [0.15, 0.2) is 11.6 Å². The smallest absolute Gasteiger partial charge is 0.309 e. The Morgan fingerprint density at radius 1 is 1.22 bits per heavy atom. The van der Waals surface area contributed by atoms with Crippen molar-refractivity contribution in [3.8, 4) is 5.69 Å². The highest BCUT2D eigenvalue weighted by Gasteiger charge is 2.41. The molecule has 0 amide bonds. The van der Waals surface area contributed by atoms with Crippen LogP contribution in [0.2, 0.25) is 0 Å². The largest absolute Gasteiger partial charge is 0.481 e. The molecule has 0 bridgehead atoms. The maximum absolute atomic E-state index is 14.5. The molecule has 6 nitrogen and oxygen atoms in total. The summed E-state index contributed by atoms with van der Waals surface area (Å²) in [6, 6.07) is 8.07. The van der Waals surface area contributed by atoms with Gasteiger partial charge in [-0.2, -0.15) is 5.10 Å². The van der Waals surface area contributed by atoms with Crippen molar-refractivity contribution in [1.29, 1.82) is 0 Å². The lowest BCUT2D eigenvalue weighted by Crippen LogP contribution is -2.33. The predicted octanol–water partition coefficient (Wildman–Crippen LogP) is 6.46. The maximum atomic E-state index is 14.5. The number of nitrogens with zero attached hydrogens (tertiary/aromatic N) is 2. The first kappa shape index (κ1) is 24.4. The van der Waals surface area contributed by atoms with Crippen LogP contribution in [0.4, 0.5) is 8.78 Å². The van der Waals surface area contributed by atoms with Crippen LogP contribution in [0.5, 0.6) is 0 Å². The highest BCUT2D eigenvalue weighted by molar-refractivity contribution is 5.99. The highest BCUT2D eigenvalue weighted by atomic mass is 19.2. The number of hydrogen-bond donors (Lipinski definition) is 2. The molecule has 2 aromatic heterocycles. The van der Waals surface area contributed by atoms with E-state index in [0.717, 1.165) is 52.0 Å². The first-order valence-electron chi connectivity index (χ1n) is 12.3. The molecule has 2 heterocycles. The number of rotatable bonds is 6. The van der Waals surface area contributed by atoms with Crippen molar-refractivity contribution in [2.24, 2.45) is 5.41 Å². The fraction of sp³-hybridized carbons (Fsp3) is 0.429. The Morgan fingerprint density at radius 2 is 1.94 bits per heavy atom. The third-order valence-corrected chi connectivity index (χ3v) is 7.89. The third kappa shape index (κ3) is 3.88. The van der Waals surface area contributed by atoms with Gasteiger partial charge in [0.2, 0.25) is 0 Å². The van der Waals surface area contributed by atoms with Crippen molar-refractivity contribution in [3.05, 3.63) is 59.4 Å². The normalized spacial score (nSPS) is 20.9. The van der Waals surface area contributed by atoms with E-state index in [1.165, 1.54) is 6.07 Å². The molecule has 8 heteroatoms. The molecule has 0 radical (unpaired) electrons. The SMILES string of the molecule is COCC(C)(C)c1c([C@H]2CC[C@](C)(C(=O)O)CC2)c2cc3[nH]ncc3cc2n1-c1ccc(F)c(F)c1. The minimum absolute atomic E-state index is 0.109. The average Bonchev–Trinajstić information content (AvgIpc) is 3.42. The molecule has 0 unspecified atom stereocenters. The van der Waals surface area contributed by atoms with Crippen LogP contribution in [-0.4, -0.2) is 39.6 Å². The lowest BCUT2D eigenvalue weighted by Gasteiger charge is -2.36. The zero-order chi connectivity index (χ0) is 25.8. The second-order valence-corrected chi connectivity index (χ2v) is 11.0. The lowest BCUT2D eigenvalue weighted by atomic mass is 9.68. The molecule has 0 aliphatic heterocycles. The van der Waals surface area contributed by atoms with E-state index in [1.807, 2.05) is 17.6 Å². The summed E-state index contributed by atoms with van der Waals surface area (Å²) < 4.78 is 36.0. The van der Waals surface area contributed by atoms with E-state index in [1.54, 1.807) is 19.4 Å². The van der Waals surface area contributed by atoms with Gasteiger partial charge in [-0.1, -0.05) is 13.8 Å². The maximum Gasteiger partial charge on any atom is 0.309 e. The van der Waals surface area contributed by atoms with E-state index in [0.29, 0.717) is 25.1 Å². The number of methoxy groups -OCH3 is 1. The summed E-state index contributed by atoms with van der Waals surface area (Å²) in [6.07, 6.45) is 4.33. The molecule has 5 rings (SSSR count). The summed E-state index contributed by atoms with van der Waals surface area (Å²) in [7, 11) is 1.65. The Labute approximate surface area is 208 Å². The Hall–Kier alpha value is -3.26. The number of carboxylic acid groups (broad SMARTS) is 1. The fourth-order valence-electron chi connectivity index (χ4n) is 5.91. The van der Waals surface area contributed by atoms with E-state index in [4.69, 9.17) is 4.74 Å². The first-order valence-corrected chi connectivity index (χ1v) is 12.3. The van der Waals surface area contributed by atoms with Gasteiger partial charge in [-0.15, -0.1) is 0 Å². The van der Waals surface area contributed by atoms with Crippen molar-refractivity contribution in [1.82, 2.24) is 14.8 Å². The summed E-state index contributed by atoms with van der Waals surface area (Å²) in [6.45, 7) is 6.41. The number of fused-ring (bicyclic) bond motifs is 2. The molecule has 1 aliphatic carbocycles. The second-order valence-electron chi connectivity index (χ2n) is 11.0. The van der Waals surface area contributed by atoms with Crippen molar-refractivity contribution < 1.29 is 23.4 Å². The number of halogens is 2. The Morgan fingerprint density at radius 3 is 2.58 bits per heavy atom. The van der Waals surface area contributed by atoms with E-state index in [-0.39, 0.29) is 5.92 Å². The van der Waals surface area contributed by atoms with Crippen LogP contribution < -0.4 is 0 Å². The molecule has 36 heavy (non-hydrogen) atoms. The molecular formula is C28H31F2N3O3. The van der Waals surface area contributed by atoms with Crippen molar-refractivity contribution in [2.45, 2.75) is 57.8 Å². The number of ether oxygens (including phenoxy) is 1. The number of carboxylic acids is 1. The molecule has 1 saturated carbocycles. The van der Waals surface area contributed by atoms with Crippen LogP contribution in [0, 0.1) is 17.0 Å².